The maximum Gasteiger partial charge on any atom is 0.182 e. The molecule has 0 aromatic heterocycles. The van der Waals surface area contributed by atoms with E-state index in [1.807, 2.05) is 17.0 Å². The van der Waals surface area contributed by atoms with Gasteiger partial charge in [0.25, 0.3) is 0 Å². The summed E-state index contributed by atoms with van der Waals surface area (Å²) < 4.78 is 0. The van der Waals surface area contributed by atoms with E-state index < -0.39 is 0 Å². The highest BCUT2D eigenvalue weighted by Crippen LogP contribution is 2.40. The Kier molecular flexibility index (Phi) is 8.98. The highest BCUT2D eigenvalue weighted by molar-refractivity contribution is 8.93. The zero-order valence-corrected chi connectivity index (χ0v) is 22.6. The van der Waals surface area contributed by atoms with Crippen LogP contribution in [0.4, 0.5) is 0 Å². The van der Waals surface area contributed by atoms with Crippen LogP contribution in [-0.2, 0) is 10.8 Å². The molecule has 4 nitrogen and oxygen atoms in total. The van der Waals surface area contributed by atoms with Crippen molar-refractivity contribution in [1.29, 1.82) is 5.41 Å². The SMILES string of the molecule is Br.CCCC1CN(CC(=O)c2cc(C(C)(C)C)c(O)c(C(C)(C)C)c2)C(=N)C1C(C)C. The summed E-state index contributed by atoms with van der Waals surface area (Å²) in [5.41, 5.74) is 1.71. The van der Waals surface area contributed by atoms with Gasteiger partial charge in [-0.15, -0.1) is 17.0 Å². The Bertz CT molecular complexity index is 768. The number of carbonyl (C=O) groups excluding carboxylic acids is 1. The predicted octanol–water partition coefficient (Wildman–Crippen LogP) is 6.73. The largest absolute Gasteiger partial charge is 0.507 e. The van der Waals surface area contributed by atoms with E-state index in [2.05, 4.69) is 62.3 Å². The molecule has 0 aliphatic carbocycles. The second kappa shape index (κ2) is 10.1. The molecule has 0 saturated carbocycles. The van der Waals surface area contributed by atoms with Gasteiger partial charge in [0.05, 0.1) is 12.4 Å². The zero-order valence-electron chi connectivity index (χ0n) is 20.9. The lowest BCUT2D eigenvalue weighted by atomic mass is 9.78. The number of Topliss-reactive ketones (excluding diaryl/α,β-unsaturated/α-hetero) is 1. The second-order valence-electron chi connectivity index (χ2n) is 11.4. The van der Waals surface area contributed by atoms with Crippen molar-refractivity contribution in [3.8, 4) is 5.75 Å². The molecule has 2 rings (SSSR count). The first-order valence-electron chi connectivity index (χ1n) is 11.4. The summed E-state index contributed by atoms with van der Waals surface area (Å²) in [4.78, 5) is 15.3. The van der Waals surface area contributed by atoms with Gasteiger partial charge in [0, 0.05) is 29.2 Å². The van der Waals surface area contributed by atoms with E-state index in [1.165, 1.54) is 0 Å². The van der Waals surface area contributed by atoms with Crippen molar-refractivity contribution < 1.29 is 9.90 Å². The summed E-state index contributed by atoms with van der Waals surface area (Å²) in [5.74, 6) is 2.02. The number of phenols is 1. The maximum atomic E-state index is 13.3. The number of ketones is 1. The number of benzene rings is 1. The highest BCUT2D eigenvalue weighted by Gasteiger charge is 2.39. The van der Waals surface area contributed by atoms with Crippen molar-refractivity contribution in [2.24, 2.45) is 17.8 Å². The third kappa shape index (κ3) is 6.12. The second-order valence-corrected chi connectivity index (χ2v) is 11.4. The third-order valence-electron chi connectivity index (χ3n) is 6.38. The van der Waals surface area contributed by atoms with Gasteiger partial charge in [-0.25, -0.2) is 0 Å². The average Bonchev–Trinajstić information content (AvgIpc) is 2.88. The molecule has 176 valence electrons. The van der Waals surface area contributed by atoms with Crippen LogP contribution in [0.1, 0.15) is 96.6 Å². The van der Waals surface area contributed by atoms with Crippen molar-refractivity contribution in [2.45, 2.75) is 86.0 Å². The minimum atomic E-state index is -0.268. The molecule has 1 aromatic carbocycles. The minimum Gasteiger partial charge on any atom is -0.507 e. The van der Waals surface area contributed by atoms with Gasteiger partial charge in [-0.05, 0) is 41.2 Å². The number of hydrogen-bond donors (Lipinski definition) is 2. The summed E-state index contributed by atoms with van der Waals surface area (Å²) in [6.45, 7) is 19.9. The molecular formula is C26H43BrN2O2. The molecule has 5 heteroatoms. The smallest absolute Gasteiger partial charge is 0.182 e. The van der Waals surface area contributed by atoms with E-state index >= 15 is 0 Å². The molecule has 0 radical (unpaired) electrons. The summed E-state index contributed by atoms with van der Waals surface area (Å²) in [6, 6.07) is 3.71. The number of carbonyl (C=O) groups is 1. The van der Waals surface area contributed by atoms with Crippen molar-refractivity contribution in [3.05, 3.63) is 28.8 Å². The molecular weight excluding hydrogens is 452 g/mol. The van der Waals surface area contributed by atoms with Crippen LogP contribution in [0.15, 0.2) is 12.1 Å². The zero-order chi connectivity index (χ0) is 23.0. The standard InChI is InChI=1S/C26H42N2O2.BrH/c1-10-11-17-14-28(24(27)22(17)16(2)3)15-21(29)18-12-19(25(4,5)6)23(30)20(13-18)26(7,8)9;/h12-13,16-17,22,27,30H,10-11,14-15H2,1-9H3;1H. The number of halogens is 1. The molecule has 1 fully saturated rings. The lowest BCUT2D eigenvalue weighted by Gasteiger charge is -2.28. The van der Waals surface area contributed by atoms with Gasteiger partial charge in [0.2, 0.25) is 0 Å². The first-order chi connectivity index (χ1) is 13.7. The highest BCUT2D eigenvalue weighted by atomic mass is 79.9. The Morgan fingerprint density at radius 1 is 1.13 bits per heavy atom. The average molecular weight is 496 g/mol. The number of hydrogen-bond acceptors (Lipinski definition) is 3. The van der Waals surface area contributed by atoms with Crippen LogP contribution in [-0.4, -0.2) is 34.7 Å². The topological polar surface area (TPSA) is 64.4 Å². The molecule has 1 aliphatic heterocycles. The normalized spacial score (nSPS) is 19.7. The molecule has 0 spiro atoms. The van der Waals surface area contributed by atoms with Crippen LogP contribution in [0.2, 0.25) is 0 Å². The number of likely N-dealkylation sites (tertiary alicyclic amines) is 1. The van der Waals surface area contributed by atoms with Crippen LogP contribution in [0, 0.1) is 23.2 Å². The van der Waals surface area contributed by atoms with E-state index in [9.17, 15) is 9.90 Å². The molecule has 1 heterocycles. The molecule has 2 unspecified atom stereocenters. The Balaban J connectivity index is 0.00000480. The Morgan fingerprint density at radius 3 is 2.00 bits per heavy atom. The van der Waals surface area contributed by atoms with Crippen LogP contribution in [0.25, 0.3) is 0 Å². The first kappa shape index (κ1) is 27.7. The number of phenolic OH excluding ortho intramolecular Hbond substituents is 1. The fraction of sp³-hybridized carbons (Fsp3) is 0.692. The predicted molar refractivity (Wildman–Crippen MR) is 136 cm³/mol. The number of nitrogens with one attached hydrogen (secondary N) is 1. The molecule has 0 amide bonds. The fourth-order valence-electron chi connectivity index (χ4n) is 4.78. The molecule has 2 N–H and O–H groups in total. The summed E-state index contributed by atoms with van der Waals surface area (Å²) in [7, 11) is 0. The lowest BCUT2D eigenvalue weighted by Crippen LogP contribution is -2.33. The van der Waals surface area contributed by atoms with E-state index in [1.54, 1.807) is 0 Å². The lowest BCUT2D eigenvalue weighted by molar-refractivity contribution is 0.0963. The number of rotatable bonds is 6. The van der Waals surface area contributed by atoms with Gasteiger partial charge in [-0.1, -0.05) is 68.7 Å². The first-order valence-corrected chi connectivity index (χ1v) is 11.4. The van der Waals surface area contributed by atoms with Gasteiger partial charge in [-0.2, -0.15) is 0 Å². The molecule has 2 atom stereocenters. The van der Waals surface area contributed by atoms with Crippen molar-refractivity contribution in [3.63, 3.8) is 0 Å². The van der Waals surface area contributed by atoms with Crippen molar-refractivity contribution >= 4 is 28.6 Å². The Morgan fingerprint density at radius 2 is 1.61 bits per heavy atom. The van der Waals surface area contributed by atoms with Crippen molar-refractivity contribution in [1.82, 2.24) is 4.90 Å². The quantitative estimate of drug-likeness (QED) is 0.430. The molecule has 1 aliphatic rings. The number of amidine groups is 1. The van der Waals surface area contributed by atoms with Crippen molar-refractivity contribution in [2.75, 3.05) is 13.1 Å². The Hall–Kier alpha value is -1.36. The molecule has 0 bridgehead atoms. The van der Waals surface area contributed by atoms with Crippen LogP contribution >= 0.6 is 17.0 Å². The fourth-order valence-corrected chi connectivity index (χ4v) is 4.78. The molecule has 1 saturated heterocycles. The summed E-state index contributed by atoms with van der Waals surface area (Å²) >= 11 is 0. The van der Waals surface area contributed by atoms with Gasteiger partial charge >= 0.3 is 0 Å². The van der Waals surface area contributed by atoms with E-state index in [-0.39, 0.29) is 46.1 Å². The third-order valence-corrected chi connectivity index (χ3v) is 6.38. The molecule has 1 aromatic rings. The van der Waals surface area contributed by atoms with Gasteiger partial charge in [0.15, 0.2) is 5.78 Å². The van der Waals surface area contributed by atoms with E-state index in [0.717, 1.165) is 30.5 Å². The number of aromatic hydroxyl groups is 1. The number of nitrogens with zero attached hydrogens (tertiary/aromatic N) is 1. The van der Waals surface area contributed by atoms with Crippen LogP contribution in [0.3, 0.4) is 0 Å². The van der Waals surface area contributed by atoms with Crippen LogP contribution in [0.5, 0.6) is 5.75 Å². The van der Waals surface area contributed by atoms with Crippen LogP contribution < -0.4 is 0 Å². The monoisotopic (exact) mass is 494 g/mol. The molecule has 31 heavy (non-hydrogen) atoms. The summed E-state index contributed by atoms with van der Waals surface area (Å²) in [5, 5.41) is 19.6. The van der Waals surface area contributed by atoms with Gasteiger partial charge in [-0.3, -0.25) is 10.2 Å². The van der Waals surface area contributed by atoms with Gasteiger partial charge in [0.1, 0.15) is 5.75 Å². The summed E-state index contributed by atoms with van der Waals surface area (Å²) in [6.07, 6.45) is 2.20. The van der Waals surface area contributed by atoms with E-state index in [4.69, 9.17) is 5.41 Å². The van der Waals surface area contributed by atoms with Gasteiger partial charge < -0.3 is 10.0 Å². The van der Waals surface area contributed by atoms with E-state index in [0.29, 0.717) is 29.0 Å². The minimum absolute atomic E-state index is 0. The maximum absolute atomic E-state index is 13.3. The Labute approximate surface area is 200 Å².